The lowest BCUT2D eigenvalue weighted by molar-refractivity contribution is 0.442. The van der Waals surface area contributed by atoms with E-state index in [1.807, 2.05) is 27.6 Å². The molecule has 0 radical (unpaired) electrons. The van der Waals surface area contributed by atoms with E-state index in [1.54, 1.807) is 13.1 Å². The number of hydrogen-bond donors (Lipinski definition) is 1. The lowest BCUT2D eigenvalue weighted by Crippen LogP contribution is -2.13. The Morgan fingerprint density at radius 1 is 1.45 bits per heavy atom. The van der Waals surface area contributed by atoms with Crippen LogP contribution in [-0.4, -0.2) is 19.3 Å². The van der Waals surface area contributed by atoms with Crippen molar-refractivity contribution in [3.8, 4) is 0 Å². The molecular formula is C14H15FN4S. The molecule has 0 saturated carbocycles. The summed E-state index contributed by atoms with van der Waals surface area (Å²) in [4.78, 5) is 3.06. The molecule has 0 aliphatic rings. The number of hydrogen-bond acceptors (Lipinski definition) is 2. The van der Waals surface area contributed by atoms with Gasteiger partial charge in [0.1, 0.15) is 5.82 Å². The topological polar surface area (TPSA) is 38.5 Å². The van der Waals surface area contributed by atoms with Gasteiger partial charge in [-0.05, 0) is 49.8 Å². The van der Waals surface area contributed by atoms with Gasteiger partial charge in [-0.15, -0.1) is 0 Å². The number of aromatic amines is 1. The monoisotopic (exact) mass is 290 g/mol. The van der Waals surface area contributed by atoms with Crippen LogP contribution in [0.2, 0.25) is 0 Å². The summed E-state index contributed by atoms with van der Waals surface area (Å²) < 4.78 is 18.1. The van der Waals surface area contributed by atoms with E-state index in [9.17, 15) is 4.39 Å². The fraction of sp³-hybridized carbons (Fsp3) is 0.286. The van der Waals surface area contributed by atoms with Gasteiger partial charge in [-0.3, -0.25) is 4.68 Å². The van der Waals surface area contributed by atoms with Gasteiger partial charge in [0.15, 0.2) is 4.77 Å². The number of nitrogens with one attached hydrogen (secondary N) is 1. The molecule has 3 rings (SSSR count). The van der Waals surface area contributed by atoms with Gasteiger partial charge in [0.2, 0.25) is 0 Å². The highest BCUT2D eigenvalue weighted by Gasteiger charge is 2.13. The standard InChI is InChI=1S/C14H15FN4S/c1-9-6-13-12(7-11(9)15)17-14(20)19(13)10(2)8-18-5-3-4-16-18/h3-7,10H,8H2,1-2H3,(H,17,20). The van der Waals surface area contributed by atoms with Crippen molar-refractivity contribution >= 4 is 23.3 Å². The van der Waals surface area contributed by atoms with Gasteiger partial charge in [-0.1, -0.05) is 0 Å². The lowest BCUT2D eigenvalue weighted by atomic mass is 10.2. The minimum Gasteiger partial charge on any atom is -0.330 e. The molecule has 2 heterocycles. The van der Waals surface area contributed by atoms with Crippen molar-refractivity contribution in [1.82, 2.24) is 19.3 Å². The maximum absolute atomic E-state index is 13.6. The first-order chi connectivity index (χ1) is 9.56. The summed E-state index contributed by atoms with van der Waals surface area (Å²) in [6.07, 6.45) is 3.67. The summed E-state index contributed by atoms with van der Waals surface area (Å²) >= 11 is 5.37. The zero-order valence-electron chi connectivity index (χ0n) is 11.3. The molecule has 0 aliphatic carbocycles. The molecule has 3 aromatic rings. The van der Waals surface area contributed by atoms with E-state index in [-0.39, 0.29) is 11.9 Å². The van der Waals surface area contributed by atoms with E-state index in [4.69, 9.17) is 12.2 Å². The van der Waals surface area contributed by atoms with Crippen LogP contribution >= 0.6 is 12.2 Å². The molecule has 6 heteroatoms. The molecule has 4 nitrogen and oxygen atoms in total. The van der Waals surface area contributed by atoms with Gasteiger partial charge in [0.05, 0.1) is 23.6 Å². The number of rotatable bonds is 3. The van der Waals surface area contributed by atoms with Crippen LogP contribution in [0.25, 0.3) is 11.0 Å². The number of benzene rings is 1. The molecule has 1 unspecified atom stereocenters. The second kappa shape index (κ2) is 4.86. The Morgan fingerprint density at radius 2 is 2.25 bits per heavy atom. The summed E-state index contributed by atoms with van der Waals surface area (Å²) in [6, 6.07) is 5.34. The van der Waals surface area contributed by atoms with Crippen LogP contribution in [0, 0.1) is 17.5 Å². The Hall–Kier alpha value is -1.95. The smallest absolute Gasteiger partial charge is 0.178 e. The van der Waals surface area contributed by atoms with E-state index in [2.05, 4.69) is 17.0 Å². The van der Waals surface area contributed by atoms with Crippen LogP contribution < -0.4 is 0 Å². The van der Waals surface area contributed by atoms with Crippen LogP contribution in [0.5, 0.6) is 0 Å². The summed E-state index contributed by atoms with van der Waals surface area (Å²) in [5.41, 5.74) is 2.27. The average Bonchev–Trinajstić information content (AvgIpc) is 2.97. The van der Waals surface area contributed by atoms with Crippen molar-refractivity contribution in [3.63, 3.8) is 0 Å². The molecule has 0 spiro atoms. The molecule has 104 valence electrons. The van der Waals surface area contributed by atoms with Gasteiger partial charge in [-0.25, -0.2) is 4.39 Å². The molecule has 0 bridgehead atoms. The van der Waals surface area contributed by atoms with Gasteiger partial charge >= 0.3 is 0 Å². The number of imidazole rings is 1. The van der Waals surface area contributed by atoms with Crippen molar-refractivity contribution in [2.24, 2.45) is 0 Å². The third-order valence-corrected chi connectivity index (χ3v) is 3.75. The highest BCUT2D eigenvalue weighted by Crippen LogP contribution is 2.23. The molecule has 20 heavy (non-hydrogen) atoms. The van der Waals surface area contributed by atoms with Crippen molar-refractivity contribution in [2.75, 3.05) is 0 Å². The Bertz CT molecular complexity index is 801. The SMILES string of the molecule is Cc1cc2c(cc1F)[nH]c(=S)n2C(C)Cn1cccn1. The molecule has 1 N–H and O–H groups in total. The summed E-state index contributed by atoms with van der Waals surface area (Å²) in [7, 11) is 0. The van der Waals surface area contributed by atoms with Crippen LogP contribution in [0.4, 0.5) is 4.39 Å². The molecule has 0 aliphatic heterocycles. The Labute approximate surface area is 120 Å². The number of nitrogens with zero attached hydrogens (tertiary/aromatic N) is 3. The predicted octanol–water partition coefficient (Wildman–Crippen LogP) is 3.60. The van der Waals surface area contributed by atoms with E-state index in [0.717, 1.165) is 11.0 Å². The first-order valence-electron chi connectivity index (χ1n) is 6.44. The average molecular weight is 290 g/mol. The Kier molecular flexibility index (Phi) is 3.17. The minimum absolute atomic E-state index is 0.126. The van der Waals surface area contributed by atoms with Crippen molar-refractivity contribution in [1.29, 1.82) is 0 Å². The highest BCUT2D eigenvalue weighted by atomic mass is 32.1. The molecule has 1 atom stereocenters. The fourth-order valence-corrected chi connectivity index (χ4v) is 2.84. The third-order valence-electron chi connectivity index (χ3n) is 3.45. The van der Waals surface area contributed by atoms with E-state index < -0.39 is 0 Å². The minimum atomic E-state index is -0.222. The van der Waals surface area contributed by atoms with Gasteiger partial charge < -0.3 is 9.55 Å². The summed E-state index contributed by atoms with van der Waals surface area (Å²) in [5, 5.41) is 4.21. The van der Waals surface area contributed by atoms with Crippen LogP contribution in [0.1, 0.15) is 18.5 Å². The van der Waals surface area contributed by atoms with E-state index in [1.165, 1.54) is 6.07 Å². The first kappa shape index (κ1) is 13.1. The maximum Gasteiger partial charge on any atom is 0.178 e. The zero-order valence-corrected chi connectivity index (χ0v) is 12.1. The second-order valence-corrected chi connectivity index (χ2v) is 5.38. The normalized spacial score (nSPS) is 12.9. The summed E-state index contributed by atoms with van der Waals surface area (Å²) in [6.45, 7) is 4.54. The molecule has 1 aromatic carbocycles. The Balaban J connectivity index is 2.08. The first-order valence-corrected chi connectivity index (χ1v) is 6.85. The Morgan fingerprint density at radius 3 is 2.95 bits per heavy atom. The highest BCUT2D eigenvalue weighted by molar-refractivity contribution is 7.71. The van der Waals surface area contributed by atoms with E-state index >= 15 is 0 Å². The number of fused-ring (bicyclic) bond motifs is 1. The van der Waals surface area contributed by atoms with Crippen LogP contribution in [-0.2, 0) is 6.54 Å². The van der Waals surface area contributed by atoms with Gasteiger partial charge in [0, 0.05) is 12.4 Å². The maximum atomic E-state index is 13.6. The predicted molar refractivity (Wildman–Crippen MR) is 78.8 cm³/mol. The largest absolute Gasteiger partial charge is 0.330 e. The number of aryl methyl sites for hydroxylation is 1. The van der Waals surface area contributed by atoms with Crippen molar-refractivity contribution in [3.05, 3.63) is 46.7 Å². The van der Waals surface area contributed by atoms with Gasteiger partial charge in [-0.2, -0.15) is 5.10 Å². The van der Waals surface area contributed by atoms with Crippen molar-refractivity contribution < 1.29 is 4.39 Å². The van der Waals surface area contributed by atoms with Gasteiger partial charge in [0.25, 0.3) is 0 Å². The quantitative estimate of drug-likeness (QED) is 0.748. The molecule has 2 aromatic heterocycles. The zero-order chi connectivity index (χ0) is 14.3. The van der Waals surface area contributed by atoms with Crippen LogP contribution in [0.15, 0.2) is 30.6 Å². The van der Waals surface area contributed by atoms with Crippen LogP contribution in [0.3, 0.4) is 0 Å². The number of halogens is 1. The fourth-order valence-electron chi connectivity index (χ4n) is 2.45. The second-order valence-electron chi connectivity index (χ2n) is 5.00. The summed E-state index contributed by atoms with van der Waals surface area (Å²) in [5.74, 6) is -0.222. The van der Waals surface area contributed by atoms with Crippen molar-refractivity contribution in [2.45, 2.75) is 26.4 Å². The molecule has 0 saturated heterocycles. The lowest BCUT2D eigenvalue weighted by Gasteiger charge is -2.15. The molecular weight excluding hydrogens is 275 g/mol. The molecule has 0 fully saturated rings. The van der Waals surface area contributed by atoms with E-state index in [0.29, 0.717) is 16.9 Å². The number of aromatic nitrogens is 4. The molecule has 0 amide bonds. The third kappa shape index (κ3) is 2.16. The number of H-pyrrole nitrogens is 1.